The van der Waals surface area contributed by atoms with Crippen LogP contribution in [0.1, 0.15) is 61.8 Å². The van der Waals surface area contributed by atoms with Gasteiger partial charge in [-0.05, 0) is 61.8 Å². The molecule has 2 atom stereocenters. The molecular weight excluding hydrogens is 497 g/mol. The molecule has 0 radical (unpaired) electrons. The van der Waals surface area contributed by atoms with Crippen molar-refractivity contribution >= 4 is 36.0 Å². The van der Waals surface area contributed by atoms with Gasteiger partial charge in [0.2, 0.25) is 0 Å². The Balaban J connectivity index is 0.00000841. The summed E-state index contributed by atoms with van der Waals surface area (Å²) in [4.78, 5) is 19.1. The second-order valence-electron chi connectivity index (χ2n) is 9.50. The molecule has 0 spiro atoms. The molecule has 0 aromatic carbocycles. The third-order valence-corrected chi connectivity index (χ3v) is 4.25. The molecule has 0 aromatic heterocycles. The number of guanidine groups is 1. The van der Waals surface area contributed by atoms with E-state index in [9.17, 15) is 4.79 Å². The summed E-state index contributed by atoms with van der Waals surface area (Å²) in [6.45, 7) is 20.8. The first-order valence-corrected chi connectivity index (χ1v) is 10.8. The van der Waals surface area contributed by atoms with E-state index in [1.54, 1.807) is 0 Å². The highest BCUT2D eigenvalue weighted by atomic mass is 127. The maximum absolute atomic E-state index is 12.0. The molecule has 1 aliphatic rings. The highest BCUT2D eigenvalue weighted by Gasteiger charge is 2.24. The minimum Gasteiger partial charge on any atom is -0.444 e. The monoisotopic (exact) mass is 541 g/mol. The van der Waals surface area contributed by atoms with Gasteiger partial charge in [-0.3, -0.25) is 9.89 Å². The van der Waals surface area contributed by atoms with Gasteiger partial charge in [0.05, 0.1) is 24.3 Å². The van der Waals surface area contributed by atoms with Crippen LogP contribution in [-0.4, -0.2) is 79.6 Å². The first-order chi connectivity index (χ1) is 13.4. The van der Waals surface area contributed by atoms with E-state index in [2.05, 4.69) is 39.7 Å². The summed E-state index contributed by atoms with van der Waals surface area (Å²) < 4.78 is 11.1. The van der Waals surface area contributed by atoms with E-state index in [1.807, 2.05) is 41.5 Å². The Kier molecular flexibility index (Phi) is 13.2. The van der Waals surface area contributed by atoms with Crippen LogP contribution in [0.5, 0.6) is 0 Å². The maximum atomic E-state index is 12.0. The Bertz CT molecular complexity index is 527. The fourth-order valence-corrected chi connectivity index (χ4v) is 3.21. The number of hydrogen-bond donors (Lipinski definition) is 3. The maximum Gasteiger partial charge on any atom is 0.408 e. The van der Waals surface area contributed by atoms with Gasteiger partial charge in [-0.25, -0.2) is 4.79 Å². The summed E-state index contributed by atoms with van der Waals surface area (Å²) in [5.74, 6) is 0.760. The van der Waals surface area contributed by atoms with Gasteiger partial charge >= 0.3 is 6.09 Å². The standard InChI is InChI=1S/C21H43N5O3.HI/c1-9-22-18(23-11-10-12-26-13-16(2)28-17(3)14-26)24-15-21(7,8)25-19(27)29-20(4,5)6;/h16-17H,9-15H2,1-8H3,(H,25,27)(H2,22,23,24);1H. The smallest absolute Gasteiger partial charge is 0.408 e. The van der Waals surface area contributed by atoms with Crippen LogP contribution in [0.4, 0.5) is 4.79 Å². The van der Waals surface area contributed by atoms with Gasteiger partial charge in [0, 0.05) is 32.7 Å². The number of carbonyl (C=O) groups is 1. The van der Waals surface area contributed by atoms with Crippen molar-refractivity contribution < 1.29 is 14.3 Å². The van der Waals surface area contributed by atoms with E-state index in [0.29, 0.717) is 18.8 Å². The lowest BCUT2D eigenvalue weighted by molar-refractivity contribution is -0.0679. The molecular formula is C21H44IN5O3. The van der Waals surface area contributed by atoms with E-state index in [1.165, 1.54) is 0 Å². The molecule has 1 rings (SSSR count). The zero-order valence-corrected chi connectivity index (χ0v) is 22.5. The fourth-order valence-electron chi connectivity index (χ4n) is 3.21. The molecule has 3 N–H and O–H groups in total. The molecule has 0 aliphatic carbocycles. The van der Waals surface area contributed by atoms with E-state index in [0.717, 1.165) is 45.1 Å². The average Bonchev–Trinajstić information content (AvgIpc) is 2.53. The number of rotatable bonds is 8. The van der Waals surface area contributed by atoms with Gasteiger partial charge in [0.25, 0.3) is 0 Å². The number of nitrogens with zero attached hydrogens (tertiary/aromatic N) is 2. The molecule has 178 valence electrons. The molecule has 1 aliphatic heterocycles. The summed E-state index contributed by atoms with van der Waals surface area (Å²) in [7, 11) is 0. The number of nitrogens with one attached hydrogen (secondary N) is 3. The van der Waals surface area contributed by atoms with Crippen molar-refractivity contribution in [2.24, 2.45) is 4.99 Å². The summed E-state index contributed by atoms with van der Waals surface area (Å²) >= 11 is 0. The second-order valence-corrected chi connectivity index (χ2v) is 9.50. The fraction of sp³-hybridized carbons (Fsp3) is 0.905. The lowest BCUT2D eigenvalue weighted by Gasteiger charge is -2.35. The van der Waals surface area contributed by atoms with Crippen LogP contribution >= 0.6 is 24.0 Å². The molecule has 1 amide bonds. The Morgan fingerprint density at radius 3 is 2.27 bits per heavy atom. The summed E-state index contributed by atoms with van der Waals surface area (Å²) in [5, 5.41) is 9.53. The SMILES string of the molecule is CCNC(=NCC(C)(C)NC(=O)OC(C)(C)C)NCCCN1CC(C)OC(C)C1.I. The zero-order chi connectivity index (χ0) is 22.1. The summed E-state index contributed by atoms with van der Waals surface area (Å²) in [5.41, 5.74) is -1.03. The minimum atomic E-state index is -0.518. The molecule has 0 bridgehead atoms. The zero-order valence-electron chi connectivity index (χ0n) is 20.1. The minimum absolute atomic E-state index is 0. The third-order valence-electron chi connectivity index (χ3n) is 4.25. The topological polar surface area (TPSA) is 87.2 Å². The number of carbonyl (C=O) groups excluding carboxylic acids is 1. The number of ether oxygens (including phenoxy) is 2. The van der Waals surface area contributed by atoms with E-state index < -0.39 is 17.2 Å². The number of halogens is 1. The van der Waals surface area contributed by atoms with Crippen molar-refractivity contribution in [2.45, 2.75) is 85.2 Å². The van der Waals surface area contributed by atoms with Gasteiger partial charge in [-0.15, -0.1) is 24.0 Å². The Morgan fingerprint density at radius 2 is 1.73 bits per heavy atom. The summed E-state index contributed by atoms with van der Waals surface area (Å²) in [6.07, 6.45) is 1.20. The molecule has 30 heavy (non-hydrogen) atoms. The Morgan fingerprint density at radius 1 is 1.13 bits per heavy atom. The normalized spacial score (nSPS) is 20.9. The van der Waals surface area contributed by atoms with Crippen molar-refractivity contribution in [3.63, 3.8) is 0 Å². The van der Waals surface area contributed by atoms with Crippen LogP contribution in [0.2, 0.25) is 0 Å². The van der Waals surface area contributed by atoms with Crippen LogP contribution in [0.3, 0.4) is 0 Å². The van der Waals surface area contributed by atoms with Crippen LogP contribution < -0.4 is 16.0 Å². The number of amides is 1. The molecule has 1 saturated heterocycles. The number of alkyl carbamates (subject to hydrolysis) is 1. The van der Waals surface area contributed by atoms with Gasteiger partial charge in [0.15, 0.2) is 5.96 Å². The molecule has 1 fully saturated rings. The average molecular weight is 542 g/mol. The highest BCUT2D eigenvalue weighted by Crippen LogP contribution is 2.11. The van der Waals surface area contributed by atoms with Crippen molar-refractivity contribution in [3.8, 4) is 0 Å². The summed E-state index contributed by atoms with van der Waals surface area (Å²) in [6, 6.07) is 0. The van der Waals surface area contributed by atoms with E-state index >= 15 is 0 Å². The molecule has 8 nitrogen and oxygen atoms in total. The molecule has 1 heterocycles. The van der Waals surface area contributed by atoms with E-state index in [-0.39, 0.29) is 24.0 Å². The lowest BCUT2D eigenvalue weighted by Crippen LogP contribution is -2.49. The first-order valence-electron chi connectivity index (χ1n) is 10.8. The second kappa shape index (κ2) is 13.6. The predicted octanol–water partition coefficient (Wildman–Crippen LogP) is 2.96. The van der Waals surface area contributed by atoms with Crippen LogP contribution in [0.25, 0.3) is 0 Å². The Hall–Kier alpha value is -0.810. The van der Waals surface area contributed by atoms with Crippen molar-refractivity contribution in [1.82, 2.24) is 20.9 Å². The van der Waals surface area contributed by atoms with Gasteiger partial charge in [0.1, 0.15) is 5.60 Å². The molecule has 0 aromatic rings. The van der Waals surface area contributed by atoms with Crippen LogP contribution in [0, 0.1) is 0 Å². The van der Waals surface area contributed by atoms with E-state index in [4.69, 9.17) is 9.47 Å². The number of hydrogen-bond acceptors (Lipinski definition) is 5. The van der Waals surface area contributed by atoms with Gasteiger partial charge in [-0.2, -0.15) is 0 Å². The third kappa shape index (κ3) is 13.5. The van der Waals surface area contributed by atoms with Gasteiger partial charge in [-0.1, -0.05) is 0 Å². The van der Waals surface area contributed by atoms with Crippen molar-refractivity contribution in [3.05, 3.63) is 0 Å². The Labute approximate surface area is 200 Å². The van der Waals surface area contributed by atoms with Crippen LogP contribution in [0.15, 0.2) is 4.99 Å². The highest BCUT2D eigenvalue weighted by molar-refractivity contribution is 14.0. The van der Waals surface area contributed by atoms with Gasteiger partial charge < -0.3 is 25.4 Å². The van der Waals surface area contributed by atoms with Crippen LogP contribution in [-0.2, 0) is 9.47 Å². The first kappa shape index (κ1) is 29.2. The van der Waals surface area contributed by atoms with Crippen molar-refractivity contribution in [2.75, 3.05) is 39.3 Å². The molecule has 9 heteroatoms. The lowest BCUT2D eigenvalue weighted by atomic mass is 10.1. The quantitative estimate of drug-likeness (QED) is 0.190. The largest absolute Gasteiger partial charge is 0.444 e. The van der Waals surface area contributed by atoms with Crippen molar-refractivity contribution in [1.29, 1.82) is 0 Å². The molecule has 0 saturated carbocycles. The molecule has 2 unspecified atom stereocenters. The number of morpholine rings is 1. The number of aliphatic imine (C=N–C) groups is 1. The predicted molar refractivity (Wildman–Crippen MR) is 134 cm³/mol.